The fourth-order valence-electron chi connectivity index (χ4n) is 2.43. The molecule has 0 fully saturated rings. The van der Waals surface area contributed by atoms with Crippen LogP contribution in [0.3, 0.4) is 0 Å². The van der Waals surface area contributed by atoms with Crippen LogP contribution in [0.1, 0.15) is 65.2 Å². The summed E-state index contributed by atoms with van der Waals surface area (Å²) >= 11 is 0. The van der Waals surface area contributed by atoms with Crippen molar-refractivity contribution in [1.82, 2.24) is 0 Å². The second-order valence-corrected chi connectivity index (χ2v) is 9.42. The monoisotopic (exact) mass is 328 g/mol. The first kappa shape index (κ1) is 19.2. The molecule has 1 aromatic rings. The Balaban J connectivity index is 3.64. The summed E-state index contributed by atoms with van der Waals surface area (Å²) in [4.78, 5) is 18.6. The van der Waals surface area contributed by atoms with Gasteiger partial charge in [0, 0.05) is 11.1 Å². The largest absolute Gasteiger partial charge is 0.493 e. The van der Waals surface area contributed by atoms with Crippen LogP contribution in [-0.4, -0.2) is 16.4 Å². The topological polar surface area (TPSA) is 66.8 Å². The molecule has 0 saturated carbocycles. The van der Waals surface area contributed by atoms with Crippen molar-refractivity contribution >= 4 is 7.60 Å². The van der Waals surface area contributed by atoms with E-state index >= 15 is 0 Å². The van der Waals surface area contributed by atoms with E-state index in [1.165, 1.54) is 0 Å². The molecule has 0 unspecified atom stereocenters. The molecule has 1 aromatic carbocycles. The normalized spacial score (nSPS) is 13.3. The van der Waals surface area contributed by atoms with E-state index in [1.807, 2.05) is 19.1 Å². The van der Waals surface area contributed by atoms with E-state index in [-0.39, 0.29) is 17.0 Å². The average molecular weight is 328 g/mol. The first-order valence-corrected chi connectivity index (χ1v) is 9.40. The molecule has 0 radical (unpaired) electrons. The summed E-state index contributed by atoms with van der Waals surface area (Å²) in [7, 11) is -4.10. The first-order valence-electron chi connectivity index (χ1n) is 7.61. The van der Waals surface area contributed by atoms with Crippen molar-refractivity contribution in [2.24, 2.45) is 0 Å². The van der Waals surface area contributed by atoms with Crippen molar-refractivity contribution in [3.63, 3.8) is 0 Å². The Labute approximate surface area is 134 Å². The predicted molar refractivity (Wildman–Crippen MR) is 90.8 cm³/mol. The number of benzene rings is 1. The third kappa shape index (κ3) is 5.12. The third-order valence-electron chi connectivity index (χ3n) is 3.44. The smallest absolute Gasteiger partial charge is 0.329 e. The van der Waals surface area contributed by atoms with E-state index in [0.717, 1.165) is 16.9 Å². The second kappa shape index (κ2) is 6.35. The Morgan fingerprint density at radius 3 is 1.68 bits per heavy atom. The molecule has 0 saturated heterocycles. The SMILES string of the molecule is CCOc1c(C(C)(C)C)cc(CP(=O)(O)O)cc1C(C)(C)C. The first-order chi connectivity index (χ1) is 9.75. The maximum atomic E-state index is 11.4. The van der Waals surface area contributed by atoms with Crippen LogP contribution < -0.4 is 4.74 Å². The molecule has 0 aliphatic heterocycles. The third-order valence-corrected chi connectivity index (χ3v) is 4.22. The van der Waals surface area contributed by atoms with Crippen LogP contribution in [0, 0.1) is 0 Å². The Hall–Kier alpha value is -0.830. The quantitative estimate of drug-likeness (QED) is 0.806. The summed E-state index contributed by atoms with van der Waals surface area (Å²) in [5, 5.41) is 0. The molecule has 0 atom stereocenters. The van der Waals surface area contributed by atoms with E-state index in [9.17, 15) is 14.4 Å². The molecule has 22 heavy (non-hydrogen) atoms. The van der Waals surface area contributed by atoms with Crippen LogP contribution in [0.15, 0.2) is 12.1 Å². The van der Waals surface area contributed by atoms with Crippen molar-refractivity contribution in [3.05, 3.63) is 28.8 Å². The number of rotatable bonds is 4. The Bertz CT molecular complexity index is 538. The average Bonchev–Trinajstić information content (AvgIpc) is 2.26. The summed E-state index contributed by atoms with van der Waals surface area (Å²) < 4.78 is 17.3. The summed E-state index contributed by atoms with van der Waals surface area (Å²) in [6, 6.07) is 3.75. The zero-order chi connectivity index (χ0) is 17.3. The summed E-state index contributed by atoms with van der Waals surface area (Å²) in [5.41, 5.74) is 2.30. The van der Waals surface area contributed by atoms with Crippen LogP contribution >= 0.6 is 7.60 Å². The van der Waals surface area contributed by atoms with Gasteiger partial charge in [-0.15, -0.1) is 0 Å². The lowest BCUT2D eigenvalue weighted by molar-refractivity contribution is 0.319. The molecule has 0 aliphatic rings. The molecule has 5 heteroatoms. The van der Waals surface area contributed by atoms with Gasteiger partial charge in [-0.2, -0.15) is 0 Å². The highest BCUT2D eigenvalue weighted by Gasteiger charge is 2.29. The van der Waals surface area contributed by atoms with Gasteiger partial charge in [0.05, 0.1) is 12.8 Å². The van der Waals surface area contributed by atoms with Gasteiger partial charge in [-0.05, 0) is 23.3 Å². The maximum absolute atomic E-state index is 11.4. The molecular weight excluding hydrogens is 299 g/mol. The van der Waals surface area contributed by atoms with Crippen LogP contribution in [0.25, 0.3) is 0 Å². The van der Waals surface area contributed by atoms with Crippen molar-refractivity contribution in [2.45, 2.75) is 65.5 Å². The number of hydrogen-bond acceptors (Lipinski definition) is 2. The van der Waals surface area contributed by atoms with Gasteiger partial charge in [-0.1, -0.05) is 53.7 Å². The Kier molecular flexibility index (Phi) is 5.55. The minimum Gasteiger partial charge on any atom is -0.493 e. The van der Waals surface area contributed by atoms with E-state index < -0.39 is 7.60 Å². The maximum Gasteiger partial charge on any atom is 0.329 e. The molecular formula is C17H29O4P. The zero-order valence-electron chi connectivity index (χ0n) is 14.7. The zero-order valence-corrected chi connectivity index (χ0v) is 15.6. The van der Waals surface area contributed by atoms with Gasteiger partial charge in [-0.25, -0.2) is 0 Å². The van der Waals surface area contributed by atoms with Crippen molar-refractivity contribution in [2.75, 3.05) is 6.61 Å². The highest BCUT2D eigenvalue weighted by Crippen LogP contribution is 2.45. The minimum absolute atomic E-state index is 0.171. The molecule has 0 aromatic heterocycles. The number of ether oxygens (including phenoxy) is 1. The van der Waals surface area contributed by atoms with Crippen molar-refractivity contribution in [1.29, 1.82) is 0 Å². The van der Waals surface area contributed by atoms with Gasteiger partial charge in [0.25, 0.3) is 0 Å². The molecule has 0 aliphatic carbocycles. The highest BCUT2D eigenvalue weighted by atomic mass is 31.2. The molecule has 0 spiro atoms. The molecule has 1 rings (SSSR count). The summed E-state index contributed by atoms with van der Waals surface area (Å²) in [5.74, 6) is 0.844. The van der Waals surface area contributed by atoms with Crippen LogP contribution in [0.2, 0.25) is 0 Å². The predicted octanol–water partition coefficient (Wildman–Crippen LogP) is 4.36. The van der Waals surface area contributed by atoms with E-state index in [0.29, 0.717) is 12.2 Å². The van der Waals surface area contributed by atoms with Crippen LogP contribution in [0.5, 0.6) is 5.75 Å². The highest BCUT2D eigenvalue weighted by molar-refractivity contribution is 7.50. The van der Waals surface area contributed by atoms with E-state index in [2.05, 4.69) is 41.5 Å². The second-order valence-electron chi connectivity index (χ2n) is 7.78. The number of hydrogen-bond donors (Lipinski definition) is 2. The molecule has 0 amide bonds. The fraction of sp³-hybridized carbons (Fsp3) is 0.647. The van der Waals surface area contributed by atoms with Crippen LogP contribution in [0.4, 0.5) is 0 Å². The summed E-state index contributed by atoms with van der Waals surface area (Å²) in [6.07, 6.45) is -0.244. The Morgan fingerprint density at radius 1 is 1.00 bits per heavy atom. The van der Waals surface area contributed by atoms with E-state index in [4.69, 9.17) is 4.74 Å². The molecule has 126 valence electrons. The summed E-state index contributed by atoms with van der Waals surface area (Å²) in [6.45, 7) is 15.0. The fourth-order valence-corrected chi connectivity index (χ4v) is 3.09. The lowest BCUT2D eigenvalue weighted by Crippen LogP contribution is -2.20. The molecule has 4 nitrogen and oxygen atoms in total. The van der Waals surface area contributed by atoms with Gasteiger partial charge >= 0.3 is 7.60 Å². The lowest BCUT2D eigenvalue weighted by Gasteiger charge is -2.30. The molecule has 0 heterocycles. The van der Waals surface area contributed by atoms with Gasteiger partial charge in [0.15, 0.2) is 0 Å². The van der Waals surface area contributed by atoms with Crippen molar-refractivity contribution in [3.8, 4) is 5.75 Å². The van der Waals surface area contributed by atoms with Crippen LogP contribution in [-0.2, 0) is 21.6 Å². The minimum atomic E-state index is -4.10. The van der Waals surface area contributed by atoms with Gasteiger partial charge in [-0.3, -0.25) is 4.57 Å². The molecule has 0 bridgehead atoms. The van der Waals surface area contributed by atoms with Crippen molar-refractivity contribution < 1.29 is 19.1 Å². The van der Waals surface area contributed by atoms with Gasteiger partial charge < -0.3 is 14.5 Å². The Morgan fingerprint density at radius 2 is 1.41 bits per heavy atom. The molecule has 2 N–H and O–H groups in total. The van der Waals surface area contributed by atoms with Gasteiger partial charge in [0.2, 0.25) is 0 Å². The van der Waals surface area contributed by atoms with E-state index in [1.54, 1.807) is 0 Å². The lowest BCUT2D eigenvalue weighted by atomic mass is 9.78. The standard InChI is InChI=1S/C17H29O4P/c1-8-21-15-13(16(2,3)4)9-12(11-22(18,19)20)10-14(15)17(5,6)7/h9-10H,8,11H2,1-7H3,(H2,18,19,20). The van der Waals surface area contributed by atoms with Gasteiger partial charge in [0.1, 0.15) is 5.75 Å².